The largest absolute Gasteiger partial charge is 0.487 e. The van der Waals surface area contributed by atoms with Gasteiger partial charge in [-0.05, 0) is 47.7 Å². The van der Waals surface area contributed by atoms with Crippen LogP contribution in [0.5, 0.6) is 5.75 Å². The molecule has 0 aliphatic heterocycles. The Kier molecular flexibility index (Phi) is 7.78. The number of aromatic nitrogens is 1. The highest BCUT2D eigenvalue weighted by Crippen LogP contribution is 2.34. The summed E-state index contributed by atoms with van der Waals surface area (Å²) in [5.74, 6) is -0.532. The minimum absolute atomic E-state index is 0.0523. The van der Waals surface area contributed by atoms with E-state index in [1.165, 1.54) is 25.3 Å². The van der Waals surface area contributed by atoms with Gasteiger partial charge in [-0.15, -0.1) is 0 Å². The van der Waals surface area contributed by atoms with E-state index < -0.39 is 18.0 Å². The molecule has 29 heavy (non-hydrogen) atoms. The van der Waals surface area contributed by atoms with Gasteiger partial charge in [-0.3, -0.25) is 4.79 Å². The maximum atomic E-state index is 14.7. The number of amides is 2. The third-order valence-electron chi connectivity index (χ3n) is 3.91. The van der Waals surface area contributed by atoms with Gasteiger partial charge < -0.3 is 20.5 Å². The van der Waals surface area contributed by atoms with Gasteiger partial charge in [-0.1, -0.05) is 25.4 Å². The number of carboxylic acid groups (broad SMARTS) is 1. The Hall–Kier alpha value is -2.87. The number of ether oxygens (including phenoxy) is 1. The van der Waals surface area contributed by atoms with Crippen molar-refractivity contribution in [3.8, 4) is 16.9 Å². The third kappa shape index (κ3) is 6.90. The molecule has 0 saturated carbocycles. The predicted octanol–water partition coefficient (Wildman–Crippen LogP) is 4.56. The van der Waals surface area contributed by atoms with E-state index in [0.29, 0.717) is 23.4 Å². The Balaban J connectivity index is 2.20. The van der Waals surface area contributed by atoms with Crippen molar-refractivity contribution in [2.45, 2.75) is 33.2 Å². The Morgan fingerprint density at radius 1 is 1.28 bits per heavy atom. The monoisotopic (exact) mass is 423 g/mol. The van der Waals surface area contributed by atoms with Gasteiger partial charge in [-0.25, -0.2) is 14.2 Å². The van der Waals surface area contributed by atoms with Crippen LogP contribution in [0.2, 0.25) is 5.02 Å². The zero-order valence-corrected chi connectivity index (χ0v) is 17.1. The SMILES string of the molecule is CC(=O)Nc1cc(-c2cc(F)c(OCC(CC(C)C)NC(=O)O)c(Cl)c2)ccn1. The van der Waals surface area contributed by atoms with Crippen LogP contribution >= 0.6 is 11.6 Å². The first-order valence-corrected chi connectivity index (χ1v) is 9.38. The molecule has 1 aromatic carbocycles. The number of pyridine rings is 1. The van der Waals surface area contributed by atoms with Gasteiger partial charge in [0.05, 0.1) is 11.1 Å². The van der Waals surface area contributed by atoms with E-state index in [-0.39, 0.29) is 29.2 Å². The fourth-order valence-corrected chi connectivity index (χ4v) is 3.08. The number of carbonyl (C=O) groups excluding carboxylic acids is 1. The summed E-state index contributed by atoms with van der Waals surface area (Å²) < 4.78 is 20.1. The van der Waals surface area contributed by atoms with Crippen LogP contribution in [0.3, 0.4) is 0 Å². The molecule has 3 N–H and O–H groups in total. The number of hydrogen-bond acceptors (Lipinski definition) is 4. The highest BCUT2D eigenvalue weighted by Gasteiger charge is 2.18. The van der Waals surface area contributed by atoms with Crippen molar-refractivity contribution in [3.05, 3.63) is 41.3 Å². The van der Waals surface area contributed by atoms with Crippen LogP contribution in [0, 0.1) is 11.7 Å². The minimum Gasteiger partial charge on any atom is -0.487 e. The van der Waals surface area contributed by atoms with E-state index in [9.17, 15) is 14.0 Å². The second-order valence-electron chi connectivity index (χ2n) is 6.97. The van der Waals surface area contributed by atoms with Crippen molar-refractivity contribution in [3.63, 3.8) is 0 Å². The normalized spacial score (nSPS) is 11.8. The summed E-state index contributed by atoms with van der Waals surface area (Å²) in [5, 5.41) is 13.9. The summed E-state index contributed by atoms with van der Waals surface area (Å²) in [6, 6.07) is 5.56. The molecule has 0 aliphatic carbocycles. The number of benzene rings is 1. The molecule has 156 valence electrons. The Morgan fingerprint density at radius 3 is 2.59 bits per heavy atom. The lowest BCUT2D eigenvalue weighted by atomic mass is 10.0. The number of nitrogens with zero attached hydrogens (tertiary/aromatic N) is 1. The maximum absolute atomic E-state index is 14.7. The van der Waals surface area contributed by atoms with Gasteiger partial charge >= 0.3 is 6.09 Å². The summed E-state index contributed by atoms with van der Waals surface area (Å²) in [5.41, 5.74) is 1.09. The van der Waals surface area contributed by atoms with Gasteiger partial charge in [0.2, 0.25) is 5.91 Å². The van der Waals surface area contributed by atoms with Crippen LogP contribution in [-0.4, -0.2) is 34.7 Å². The summed E-state index contributed by atoms with van der Waals surface area (Å²) in [6.45, 7) is 5.21. The number of hydrogen-bond donors (Lipinski definition) is 3. The Morgan fingerprint density at radius 2 is 2.00 bits per heavy atom. The molecule has 1 aromatic heterocycles. The molecular weight excluding hydrogens is 401 g/mol. The van der Waals surface area contributed by atoms with E-state index in [1.807, 2.05) is 13.8 Å². The molecule has 0 saturated heterocycles. The molecule has 7 nitrogen and oxygen atoms in total. The topological polar surface area (TPSA) is 101 Å². The number of rotatable bonds is 8. The highest BCUT2D eigenvalue weighted by molar-refractivity contribution is 6.32. The molecular formula is C20H23ClFN3O4. The van der Waals surface area contributed by atoms with Crippen LogP contribution in [0.25, 0.3) is 11.1 Å². The van der Waals surface area contributed by atoms with E-state index in [2.05, 4.69) is 15.6 Å². The molecule has 1 atom stereocenters. The van der Waals surface area contributed by atoms with Crippen molar-refractivity contribution < 1.29 is 23.8 Å². The summed E-state index contributed by atoms with van der Waals surface area (Å²) in [7, 11) is 0. The van der Waals surface area contributed by atoms with Crippen LogP contribution in [-0.2, 0) is 4.79 Å². The smallest absolute Gasteiger partial charge is 0.404 e. The van der Waals surface area contributed by atoms with Crippen LogP contribution in [0.4, 0.5) is 15.0 Å². The highest BCUT2D eigenvalue weighted by atomic mass is 35.5. The maximum Gasteiger partial charge on any atom is 0.404 e. The lowest BCUT2D eigenvalue weighted by molar-refractivity contribution is -0.114. The van der Waals surface area contributed by atoms with Gasteiger partial charge in [0.1, 0.15) is 12.4 Å². The van der Waals surface area contributed by atoms with Gasteiger partial charge in [-0.2, -0.15) is 0 Å². The minimum atomic E-state index is -1.17. The van der Waals surface area contributed by atoms with Crippen molar-refractivity contribution in [2.24, 2.45) is 5.92 Å². The molecule has 0 aliphatic rings. The zero-order valence-electron chi connectivity index (χ0n) is 16.3. The first-order chi connectivity index (χ1) is 13.7. The van der Waals surface area contributed by atoms with Crippen molar-refractivity contribution in [1.82, 2.24) is 10.3 Å². The van der Waals surface area contributed by atoms with E-state index >= 15 is 0 Å². The summed E-state index contributed by atoms with van der Waals surface area (Å²) >= 11 is 6.22. The fourth-order valence-electron chi connectivity index (χ4n) is 2.82. The average molecular weight is 424 g/mol. The van der Waals surface area contributed by atoms with Crippen LogP contribution < -0.4 is 15.4 Å². The van der Waals surface area contributed by atoms with Gasteiger partial charge in [0, 0.05) is 13.1 Å². The molecule has 2 amide bonds. The number of halogens is 2. The molecule has 0 bridgehead atoms. The first kappa shape index (κ1) is 22.4. The first-order valence-electron chi connectivity index (χ1n) is 9.01. The number of anilines is 1. The lowest BCUT2D eigenvalue weighted by Gasteiger charge is -2.20. The molecule has 2 aromatic rings. The van der Waals surface area contributed by atoms with Crippen LogP contribution in [0.1, 0.15) is 27.2 Å². The number of carbonyl (C=O) groups is 2. The summed E-state index contributed by atoms with van der Waals surface area (Å²) in [4.78, 5) is 26.1. The second kappa shape index (κ2) is 10.1. The molecule has 1 heterocycles. The van der Waals surface area contributed by atoms with E-state index in [0.717, 1.165) is 0 Å². The van der Waals surface area contributed by atoms with Gasteiger partial charge in [0.15, 0.2) is 11.6 Å². The quantitative estimate of drug-likeness (QED) is 0.577. The molecule has 0 spiro atoms. The zero-order chi connectivity index (χ0) is 21.6. The molecule has 9 heteroatoms. The van der Waals surface area contributed by atoms with Crippen LogP contribution in [0.15, 0.2) is 30.5 Å². The molecule has 1 unspecified atom stereocenters. The average Bonchev–Trinajstić information content (AvgIpc) is 2.59. The summed E-state index contributed by atoms with van der Waals surface area (Å²) in [6.07, 6.45) is 0.853. The standard InChI is InChI=1S/C20H23ClFN3O4/c1-11(2)6-15(25-20(27)28)10-29-19-16(21)7-14(8-17(19)22)13-4-5-23-18(9-13)24-12(3)26/h4-5,7-9,11,15,25H,6,10H2,1-3H3,(H,27,28)(H,23,24,26). The molecule has 0 fully saturated rings. The molecule has 0 radical (unpaired) electrons. The number of nitrogens with one attached hydrogen (secondary N) is 2. The predicted molar refractivity (Wildman–Crippen MR) is 109 cm³/mol. The van der Waals surface area contributed by atoms with E-state index in [4.69, 9.17) is 21.4 Å². The Labute approximate surface area is 173 Å². The van der Waals surface area contributed by atoms with Crippen molar-refractivity contribution in [2.75, 3.05) is 11.9 Å². The third-order valence-corrected chi connectivity index (χ3v) is 4.19. The van der Waals surface area contributed by atoms with Crippen molar-refractivity contribution >= 4 is 29.4 Å². The van der Waals surface area contributed by atoms with Crippen molar-refractivity contribution in [1.29, 1.82) is 0 Å². The lowest BCUT2D eigenvalue weighted by Crippen LogP contribution is -2.39. The fraction of sp³-hybridized carbons (Fsp3) is 0.350. The van der Waals surface area contributed by atoms with E-state index in [1.54, 1.807) is 12.1 Å². The van der Waals surface area contributed by atoms with Gasteiger partial charge in [0.25, 0.3) is 0 Å². The Bertz CT molecular complexity index is 869. The molecule has 2 rings (SSSR count). The second-order valence-corrected chi connectivity index (χ2v) is 7.37.